The molecule has 1 rings (SSSR count). The van der Waals surface area contributed by atoms with Crippen LogP contribution in [0.25, 0.3) is 0 Å². The highest BCUT2D eigenvalue weighted by Gasteiger charge is 2.19. The van der Waals surface area contributed by atoms with Crippen molar-refractivity contribution in [1.29, 1.82) is 0 Å². The average Bonchev–Trinajstić information content (AvgIpc) is 2.14. The Bertz CT molecular complexity index is 70.8. The van der Waals surface area contributed by atoms with E-state index in [1.807, 2.05) is 0 Å². The number of hydrogen-bond donors (Lipinski definition) is 0. The topological polar surface area (TPSA) is 0 Å². The van der Waals surface area contributed by atoms with Gasteiger partial charge in [0.05, 0.1) is 0 Å². The quantitative estimate of drug-likeness (QED) is 0.525. The van der Waals surface area contributed by atoms with Gasteiger partial charge in [-0.15, -0.1) is 0 Å². The van der Waals surface area contributed by atoms with Gasteiger partial charge in [0.15, 0.2) is 0 Å². The van der Waals surface area contributed by atoms with Gasteiger partial charge in [-0.25, -0.2) is 0 Å². The Morgan fingerprint density at radius 2 is 2.38 bits per heavy atom. The summed E-state index contributed by atoms with van der Waals surface area (Å²) in [6.45, 7) is 4.64. The Morgan fingerprint density at radius 3 is 2.62 bits per heavy atom. The van der Waals surface area contributed by atoms with E-state index in [1.54, 1.807) is 0 Å². The van der Waals surface area contributed by atoms with E-state index < -0.39 is 0 Å². The van der Waals surface area contributed by atoms with Crippen molar-refractivity contribution in [2.45, 2.75) is 31.9 Å². The molecular weight excluding hydrogens is 116 g/mol. The Kier molecular flexibility index (Phi) is 2.24. The Balaban J connectivity index is 2.22. The van der Waals surface area contributed by atoms with Crippen LogP contribution in [-0.4, -0.2) is 11.0 Å². The maximum Gasteiger partial charge on any atom is 0.00473 e. The van der Waals surface area contributed by atoms with Crippen LogP contribution in [0.5, 0.6) is 0 Å². The minimum Gasteiger partial charge on any atom is -0.158 e. The molecule has 0 unspecified atom stereocenters. The standard InChI is InChI=1S/C7H14S/c1-3-7-4-6(2)5-8-7/h6-7H,3-5H2,1-2H3/t6-,7+/m1/s1. The molecule has 1 heterocycles. The van der Waals surface area contributed by atoms with Crippen molar-refractivity contribution in [3.05, 3.63) is 0 Å². The second-order valence-corrected chi connectivity index (χ2v) is 4.04. The van der Waals surface area contributed by atoms with Gasteiger partial charge in [-0.3, -0.25) is 0 Å². The minimum absolute atomic E-state index is 0.991. The fraction of sp³-hybridized carbons (Fsp3) is 1.00. The summed E-state index contributed by atoms with van der Waals surface area (Å²) < 4.78 is 0. The lowest BCUT2D eigenvalue weighted by Gasteiger charge is -2.01. The van der Waals surface area contributed by atoms with Gasteiger partial charge in [-0.05, 0) is 24.5 Å². The molecule has 2 atom stereocenters. The van der Waals surface area contributed by atoms with E-state index in [1.165, 1.54) is 18.6 Å². The summed E-state index contributed by atoms with van der Waals surface area (Å²) in [5.74, 6) is 2.39. The van der Waals surface area contributed by atoms with Gasteiger partial charge in [-0.2, -0.15) is 11.8 Å². The van der Waals surface area contributed by atoms with Gasteiger partial charge in [-0.1, -0.05) is 13.8 Å². The van der Waals surface area contributed by atoms with E-state index in [9.17, 15) is 0 Å². The lowest BCUT2D eigenvalue weighted by Crippen LogP contribution is -1.95. The van der Waals surface area contributed by atoms with Crippen LogP contribution in [0.2, 0.25) is 0 Å². The molecule has 48 valence electrons. The molecule has 0 saturated carbocycles. The van der Waals surface area contributed by atoms with Crippen LogP contribution in [-0.2, 0) is 0 Å². The molecular formula is C7H14S. The maximum atomic E-state index is 2.35. The minimum atomic E-state index is 0.991. The van der Waals surface area contributed by atoms with Crippen LogP contribution < -0.4 is 0 Å². The molecule has 1 aliphatic rings. The summed E-state index contributed by atoms with van der Waals surface area (Å²) in [5.41, 5.74) is 0. The zero-order valence-electron chi connectivity index (χ0n) is 5.68. The van der Waals surface area contributed by atoms with Gasteiger partial charge in [0, 0.05) is 5.25 Å². The largest absolute Gasteiger partial charge is 0.158 e. The first-order valence-corrected chi connectivity index (χ1v) is 4.49. The summed E-state index contributed by atoms with van der Waals surface area (Å²) >= 11 is 2.15. The molecule has 0 N–H and O–H groups in total. The van der Waals surface area contributed by atoms with Crippen LogP contribution in [0.15, 0.2) is 0 Å². The van der Waals surface area contributed by atoms with Crippen LogP contribution in [0.4, 0.5) is 0 Å². The maximum absolute atomic E-state index is 2.35. The first-order valence-electron chi connectivity index (χ1n) is 3.44. The fourth-order valence-electron chi connectivity index (χ4n) is 1.17. The highest BCUT2D eigenvalue weighted by molar-refractivity contribution is 8.00. The SMILES string of the molecule is CC[C@H]1C[C@@H](C)CS1. The van der Waals surface area contributed by atoms with Gasteiger partial charge in [0.2, 0.25) is 0 Å². The summed E-state index contributed by atoms with van der Waals surface area (Å²) in [4.78, 5) is 0. The third kappa shape index (κ3) is 1.41. The lowest BCUT2D eigenvalue weighted by atomic mass is 10.1. The molecule has 0 nitrogen and oxygen atoms in total. The summed E-state index contributed by atoms with van der Waals surface area (Å²) in [7, 11) is 0. The number of thioether (sulfide) groups is 1. The molecule has 1 heteroatoms. The molecule has 0 amide bonds. The summed E-state index contributed by atoms with van der Waals surface area (Å²) in [6, 6.07) is 0. The molecule has 0 radical (unpaired) electrons. The van der Waals surface area contributed by atoms with Gasteiger partial charge >= 0.3 is 0 Å². The molecule has 1 saturated heterocycles. The third-order valence-electron chi connectivity index (χ3n) is 1.74. The Morgan fingerprint density at radius 1 is 1.62 bits per heavy atom. The Labute approximate surface area is 56.0 Å². The summed E-state index contributed by atoms with van der Waals surface area (Å²) in [5, 5.41) is 0.991. The van der Waals surface area contributed by atoms with Gasteiger partial charge in [0.1, 0.15) is 0 Å². The molecule has 0 bridgehead atoms. The first kappa shape index (κ1) is 6.47. The lowest BCUT2D eigenvalue weighted by molar-refractivity contribution is 0.601. The zero-order valence-corrected chi connectivity index (χ0v) is 6.50. The van der Waals surface area contributed by atoms with Crippen LogP contribution in [0.1, 0.15) is 26.7 Å². The molecule has 8 heavy (non-hydrogen) atoms. The second kappa shape index (κ2) is 2.77. The monoisotopic (exact) mass is 130 g/mol. The van der Waals surface area contributed by atoms with Crippen LogP contribution in [0, 0.1) is 5.92 Å². The van der Waals surface area contributed by atoms with E-state index in [-0.39, 0.29) is 0 Å². The van der Waals surface area contributed by atoms with E-state index in [0.29, 0.717) is 0 Å². The van der Waals surface area contributed by atoms with Crippen LogP contribution in [0.3, 0.4) is 0 Å². The van der Waals surface area contributed by atoms with E-state index in [2.05, 4.69) is 25.6 Å². The van der Waals surface area contributed by atoms with Crippen molar-refractivity contribution in [2.75, 3.05) is 5.75 Å². The first-order chi connectivity index (χ1) is 3.83. The highest BCUT2D eigenvalue weighted by atomic mass is 32.2. The fourth-order valence-corrected chi connectivity index (χ4v) is 2.61. The van der Waals surface area contributed by atoms with Gasteiger partial charge in [0.25, 0.3) is 0 Å². The molecule has 0 aliphatic carbocycles. The molecule has 0 spiro atoms. The normalized spacial score (nSPS) is 38.2. The smallest absolute Gasteiger partial charge is 0.00473 e. The van der Waals surface area contributed by atoms with E-state index in [0.717, 1.165) is 11.2 Å². The highest BCUT2D eigenvalue weighted by Crippen LogP contribution is 2.32. The number of rotatable bonds is 1. The predicted molar refractivity (Wildman–Crippen MR) is 40.3 cm³/mol. The average molecular weight is 130 g/mol. The summed E-state index contributed by atoms with van der Waals surface area (Å²) in [6.07, 6.45) is 2.83. The molecule has 1 fully saturated rings. The third-order valence-corrected chi connectivity index (χ3v) is 3.50. The van der Waals surface area contributed by atoms with Crippen molar-refractivity contribution < 1.29 is 0 Å². The second-order valence-electron chi connectivity index (χ2n) is 2.70. The van der Waals surface area contributed by atoms with Crippen molar-refractivity contribution in [3.8, 4) is 0 Å². The van der Waals surface area contributed by atoms with Crippen molar-refractivity contribution in [3.63, 3.8) is 0 Å². The van der Waals surface area contributed by atoms with Gasteiger partial charge < -0.3 is 0 Å². The molecule has 0 aromatic rings. The molecule has 0 aromatic carbocycles. The Hall–Kier alpha value is 0.350. The van der Waals surface area contributed by atoms with Crippen molar-refractivity contribution in [1.82, 2.24) is 0 Å². The van der Waals surface area contributed by atoms with E-state index in [4.69, 9.17) is 0 Å². The predicted octanol–water partition coefficient (Wildman–Crippen LogP) is 2.54. The van der Waals surface area contributed by atoms with Crippen molar-refractivity contribution in [2.24, 2.45) is 5.92 Å². The molecule has 1 aliphatic heterocycles. The zero-order chi connectivity index (χ0) is 5.98. The van der Waals surface area contributed by atoms with E-state index >= 15 is 0 Å². The van der Waals surface area contributed by atoms with Crippen LogP contribution >= 0.6 is 11.8 Å². The number of hydrogen-bond acceptors (Lipinski definition) is 1. The molecule has 0 aromatic heterocycles. The van der Waals surface area contributed by atoms with Crippen molar-refractivity contribution >= 4 is 11.8 Å².